The van der Waals surface area contributed by atoms with E-state index in [9.17, 15) is 4.39 Å². The molecule has 1 aromatic heterocycles. The zero-order valence-electron chi connectivity index (χ0n) is 10.3. The summed E-state index contributed by atoms with van der Waals surface area (Å²) in [6.45, 7) is 3.90. The van der Waals surface area contributed by atoms with E-state index in [2.05, 4.69) is 10.1 Å². The number of hydrogen-bond donors (Lipinski definition) is 0. The Kier molecular flexibility index (Phi) is 3.38. The molecule has 0 bridgehead atoms. The van der Waals surface area contributed by atoms with Crippen molar-refractivity contribution in [3.63, 3.8) is 0 Å². The molecule has 1 heterocycles. The highest BCUT2D eigenvalue weighted by Crippen LogP contribution is 2.16. The van der Waals surface area contributed by atoms with Crippen molar-refractivity contribution < 1.29 is 4.39 Å². The molecule has 1 aromatic carbocycles. The first-order valence-electron chi connectivity index (χ1n) is 5.84. The van der Waals surface area contributed by atoms with Gasteiger partial charge in [-0.2, -0.15) is 10.4 Å². The van der Waals surface area contributed by atoms with Crippen molar-refractivity contribution in [1.82, 2.24) is 14.8 Å². The van der Waals surface area contributed by atoms with E-state index in [4.69, 9.17) is 5.26 Å². The molecule has 0 aliphatic carbocycles. The van der Waals surface area contributed by atoms with Crippen LogP contribution in [0.2, 0.25) is 0 Å². The van der Waals surface area contributed by atoms with Crippen LogP contribution in [0.15, 0.2) is 18.2 Å². The predicted molar refractivity (Wildman–Crippen MR) is 64.8 cm³/mol. The summed E-state index contributed by atoms with van der Waals surface area (Å²) in [5.74, 6) is 0.947. The standard InChI is InChI=1S/C13H13FN4/c1-3-12-16-13(4-2)18(17-12)11-6-5-9(8-15)7-10(11)14/h5-7H,3-4H2,1-2H3. The molecule has 0 N–H and O–H groups in total. The fourth-order valence-corrected chi connectivity index (χ4v) is 1.71. The van der Waals surface area contributed by atoms with Gasteiger partial charge in [0, 0.05) is 12.8 Å². The number of benzene rings is 1. The summed E-state index contributed by atoms with van der Waals surface area (Å²) in [7, 11) is 0. The molecular formula is C13H13FN4. The maximum Gasteiger partial charge on any atom is 0.151 e. The molecule has 2 aromatic rings. The Morgan fingerprint density at radius 2 is 2.11 bits per heavy atom. The minimum atomic E-state index is -0.462. The van der Waals surface area contributed by atoms with E-state index < -0.39 is 5.82 Å². The molecule has 5 heteroatoms. The highest BCUT2D eigenvalue weighted by Gasteiger charge is 2.13. The lowest BCUT2D eigenvalue weighted by atomic mass is 10.2. The van der Waals surface area contributed by atoms with Gasteiger partial charge in [-0.3, -0.25) is 0 Å². The van der Waals surface area contributed by atoms with E-state index in [1.54, 1.807) is 12.1 Å². The molecule has 0 saturated heterocycles. The van der Waals surface area contributed by atoms with Crippen LogP contribution >= 0.6 is 0 Å². The largest absolute Gasteiger partial charge is 0.216 e. The second-order valence-corrected chi connectivity index (χ2v) is 3.84. The SMILES string of the molecule is CCc1nc(CC)n(-c2ccc(C#N)cc2F)n1. The number of rotatable bonds is 3. The smallest absolute Gasteiger partial charge is 0.151 e. The van der Waals surface area contributed by atoms with Crippen LogP contribution in [0, 0.1) is 17.1 Å². The molecule has 0 unspecified atom stereocenters. The zero-order chi connectivity index (χ0) is 13.1. The van der Waals surface area contributed by atoms with Gasteiger partial charge in [0.2, 0.25) is 0 Å². The van der Waals surface area contributed by atoms with Crippen LogP contribution in [0.3, 0.4) is 0 Å². The number of aryl methyl sites for hydroxylation is 2. The second-order valence-electron chi connectivity index (χ2n) is 3.84. The van der Waals surface area contributed by atoms with Gasteiger partial charge in [-0.15, -0.1) is 0 Å². The molecule has 2 rings (SSSR count). The second kappa shape index (κ2) is 4.96. The van der Waals surface area contributed by atoms with E-state index in [0.717, 1.165) is 5.82 Å². The summed E-state index contributed by atoms with van der Waals surface area (Å²) < 4.78 is 15.4. The van der Waals surface area contributed by atoms with Crippen LogP contribution in [-0.4, -0.2) is 14.8 Å². The van der Waals surface area contributed by atoms with Crippen molar-refractivity contribution in [3.8, 4) is 11.8 Å². The van der Waals surface area contributed by atoms with Gasteiger partial charge in [-0.05, 0) is 18.2 Å². The Morgan fingerprint density at radius 1 is 1.33 bits per heavy atom. The molecule has 0 spiro atoms. The van der Waals surface area contributed by atoms with Crippen LogP contribution in [0.25, 0.3) is 5.69 Å². The van der Waals surface area contributed by atoms with Gasteiger partial charge >= 0.3 is 0 Å². The van der Waals surface area contributed by atoms with Gasteiger partial charge in [-0.1, -0.05) is 13.8 Å². The van der Waals surface area contributed by atoms with Crippen molar-refractivity contribution in [1.29, 1.82) is 5.26 Å². The molecular weight excluding hydrogens is 231 g/mol. The molecule has 0 saturated carbocycles. The third-order valence-electron chi connectivity index (χ3n) is 2.66. The van der Waals surface area contributed by atoms with E-state index in [-0.39, 0.29) is 0 Å². The summed E-state index contributed by atoms with van der Waals surface area (Å²) in [5, 5.41) is 13.0. The number of hydrogen-bond acceptors (Lipinski definition) is 3. The fourth-order valence-electron chi connectivity index (χ4n) is 1.71. The van der Waals surface area contributed by atoms with Crippen molar-refractivity contribution in [2.24, 2.45) is 0 Å². The van der Waals surface area contributed by atoms with Crippen LogP contribution in [0.1, 0.15) is 31.1 Å². The highest BCUT2D eigenvalue weighted by molar-refractivity contribution is 5.40. The first-order valence-corrected chi connectivity index (χ1v) is 5.84. The average Bonchev–Trinajstić information content (AvgIpc) is 2.81. The Hall–Kier alpha value is -2.22. The summed E-state index contributed by atoms with van der Waals surface area (Å²) >= 11 is 0. The van der Waals surface area contributed by atoms with Gasteiger partial charge in [0.1, 0.15) is 17.3 Å². The molecule has 0 fully saturated rings. The van der Waals surface area contributed by atoms with Crippen LogP contribution in [-0.2, 0) is 12.8 Å². The number of halogens is 1. The number of aromatic nitrogens is 3. The van der Waals surface area contributed by atoms with E-state index in [1.807, 2.05) is 19.9 Å². The topological polar surface area (TPSA) is 54.5 Å². The monoisotopic (exact) mass is 244 g/mol. The molecule has 18 heavy (non-hydrogen) atoms. The molecule has 4 nitrogen and oxygen atoms in total. The van der Waals surface area contributed by atoms with Gasteiger partial charge < -0.3 is 0 Å². The third-order valence-corrected chi connectivity index (χ3v) is 2.66. The van der Waals surface area contributed by atoms with E-state index in [1.165, 1.54) is 10.7 Å². The van der Waals surface area contributed by atoms with Crippen LogP contribution in [0.4, 0.5) is 4.39 Å². The molecule has 0 aliphatic rings. The van der Waals surface area contributed by atoms with Crippen molar-refractivity contribution in [2.75, 3.05) is 0 Å². The van der Waals surface area contributed by atoms with E-state index in [0.29, 0.717) is 29.9 Å². The van der Waals surface area contributed by atoms with Crippen molar-refractivity contribution in [2.45, 2.75) is 26.7 Å². The first kappa shape index (κ1) is 12.2. The third kappa shape index (κ3) is 2.09. The minimum absolute atomic E-state index is 0.296. The molecule has 0 amide bonds. The highest BCUT2D eigenvalue weighted by atomic mass is 19.1. The fraction of sp³-hybridized carbons (Fsp3) is 0.308. The Morgan fingerprint density at radius 3 is 2.67 bits per heavy atom. The molecule has 0 atom stereocenters. The zero-order valence-corrected chi connectivity index (χ0v) is 10.3. The number of nitriles is 1. The van der Waals surface area contributed by atoms with Gasteiger partial charge in [0.05, 0.1) is 11.6 Å². The lowest BCUT2D eigenvalue weighted by molar-refractivity contribution is 0.605. The molecule has 92 valence electrons. The molecule has 0 radical (unpaired) electrons. The van der Waals surface area contributed by atoms with Crippen LogP contribution in [0.5, 0.6) is 0 Å². The van der Waals surface area contributed by atoms with Gasteiger partial charge in [-0.25, -0.2) is 14.1 Å². The van der Waals surface area contributed by atoms with Gasteiger partial charge in [0.25, 0.3) is 0 Å². The normalized spacial score (nSPS) is 10.3. The maximum absolute atomic E-state index is 13.9. The average molecular weight is 244 g/mol. The lowest BCUT2D eigenvalue weighted by Crippen LogP contribution is -2.05. The molecule has 0 aliphatic heterocycles. The Bertz CT molecular complexity index is 610. The quantitative estimate of drug-likeness (QED) is 0.833. The van der Waals surface area contributed by atoms with Crippen molar-refractivity contribution in [3.05, 3.63) is 41.2 Å². The predicted octanol–water partition coefficient (Wildman–Crippen LogP) is 2.40. The van der Waals surface area contributed by atoms with Gasteiger partial charge in [0.15, 0.2) is 5.82 Å². The first-order chi connectivity index (χ1) is 8.69. The maximum atomic E-state index is 13.9. The van der Waals surface area contributed by atoms with Crippen LogP contribution < -0.4 is 0 Å². The minimum Gasteiger partial charge on any atom is -0.216 e. The summed E-state index contributed by atoms with van der Waals surface area (Å²) in [5.41, 5.74) is 0.628. The number of nitrogens with zero attached hydrogens (tertiary/aromatic N) is 4. The Balaban J connectivity index is 2.54. The lowest BCUT2D eigenvalue weighted by Gasteiger charge is -2.05. The summed E-state index contributed by atoms with van der Waals surface area (Å²) in [6, 6.07) is 6.25. The van der Waals surface area contributed by atoms with Crippen molar-refractivity contribution >= 4 is 0 Å². The summed E-state index contributed by atoms with van der Waals surface area (Å²) in [6.07, 6.45) is 1.38. The summed E-state index contributed by atoms with van der Waals surface area (Å²) in [4.78, 5) is 4.33. The Labute approximate surface area is 105 Å². The van der Waals surface area contributed by atoms with E-state index >= 15 is 0 Å².